The lowest BCUT2D eigenvalue weighted by atomic mass is 9.83. The predicted octanol–water partition coefficient (Wildman–Crippen LogP) is 2.72. The van der Waals surface area contributed by atoms with E-state index in [0.717, 1.165) is 24.8 Å². The normalized spacial score (nSPS) is 31.2. The molecule has 0 aromatic heterocycles. The van der Waals surface area contributed by atoms with E-state index in [4.69, 9.17) is 5.73 Å². The van der Waals surface area contributed by atoms with Gasteiger partial charge in [-0.2, -0.15) is 0 Å². The van der Waals surface area contributed by atoms with E-state index >= 15 is 0 Å². The van der Waals surface area contributed by atoms with Crippen LogP contribution < -0.4 is 5.73 Å². The number of hydrogen-bond acceptors (Lipinski definition) is 1. The lowest BCUT2D eigenvalue weighted by Crippen LogP contribution is -2.10. The molecule has 1 nitrogen and oxygen atoms in total. The van der Waals surface area contributed by atoms with Crippen LogP contribution in [0.2, 0.25) is 0 Å². The number of rotatable bonds is 3. The van der Waals surface area contributed by atoms with Crippen LogP contribution in [-0.4, -0.2) is 6.54 Å². The summed E-state index contributed by atoms with van der Waals surface area (Å²) >= 11 is 0. The summed E-state index contributed by atoms with van der Waals surface area (Å²) in [5.41, 5.74) is 5.41. The van der Waals surface area contributed by atoms with Gasteiger partial charge in [0, 0.05) is 0 Å². The van der Waals surface area contributed by atoms with Crippen molar-refractivity contribution in [1.29, 1.82) is 0 Å². The molecule has 70 valence electrons. The maximum atomic E-state index is 5.41. The van der Waals surface area contributed by atoms with E-state index < -0.39 is 0 Å². The molecular formula is C11H21N. The highest BCUT2D eigenvalue weighted by Gasteiger charge is 2.15. The summed E-state index contributed by atoms with van der Waals surface area (Å²) in [5.74, 6) is 1.82. The molecule has 12 heavy (non-hydrogen) atoms. The van der Waals surface area contributed by atoms with Crippen LogP contribution in [0.3, 0.4) is 0 Å². The van der Waals surface area contributed by atoms with E-state index in [2.05, 4.69) is 19.1 Å². The monoisotopic (exact) mass is 167 g/mol. The lowest BCUT2D eigenvalue weighted by Gasteiger charge is -2.23. The van der Waals surface area contributed by atoms with Crippen LogP contribution in [-0.2, 0) is 0 Å². The quantitative estimate of drug-likeness (QED) is 0.643. The molecule has 0 amide bonds. The van der Waals surface area contributed by atoms with Crippen molar-refractivity contribution >= 4 is 0 Å². The summed E-state index contributed by atoms with van der Waals surface area (Å²) in [4.78, 5) is 0. The highest BCUT2D eigenvalue weighted by Crippen LogP contribution is 2.28. The average molecular weight is 167 g/mol. The summed E-state index contributed by atoms with van der Waals surface area (Å²) in [5, 5.41) is 0. The highest BCUT2D eigenvalue weighted by atomic mass is 14.5. The van der Waals surface area contributed by atoms with Gasteiger partial charge in [0.05, 0.1) is 0 Å². The molecule has 1 fully saturated rings. The first-order chi connectivity index (χ1) is 5.83. The van der Waals surface area contributed by atoms with Crippen LogP contribution in [0.1, 0.15) is 39.0 Å². The minimum atomic E-state index is 0.791. The summed E-state index contributed by atoms with van der Waals surface area (Å²) < 4.78 is 0. The van der Waals surface area contributed by atoms with E-state index in [1.807, 2.05) is 0 Å². The Morgan fingerprint density at radius 2 is 1.92 bits per heavy atom. The van der Waals surface area contributed by atoms with E-state index in [1.165, 1.54) is 25.7 Å². The van der Waals surface area contributed by atoms with E-state index in [9.17, 15) is 0 Å². The molecule has 0 heterocycles. The molecule has 1 aliphatic rings. The minimum absolute atomic E-state index is 0.791. The SMILES string of the molecule is CC1CCC(C=CCCN)CC1. The first-order valence-electron chi connectivity index (χ1n) is 5.19. The van der Waals surface area contributed by atoms with Crippen LogP contribution in [0, 0.1) is 11.8 Å². The second-order valence-electron chi connectivity index (χ2n) is 4.03. The first kappa shape index (κ1) is 9.79. The molecule has 0 spiro atoms. The van der Waals surface area contributed by atoms with E-state index in [-0.39, 0.29) is 0 Å². The van der Waals surface area contributed by atoms with Gasteiger partial charge in [-0.15, -0.1) is 0 Å². The molecule has 0 atom stereocenters. The molecule has 0 saturated heterocycles. The van der Waals surface area contributed by atoms with Gasteiger partial charge >= 0.3 is 0 Å². The zero-order valence-electron chi connectivity index (χ0n) is 8.13. The lowest BCUT2D eigenvalue weighted by molar-refractivity contribution is 0.330. The van der Waals surface area contributed by atoms with Gasteiger partial charge in [0.25, 0.3) is 0 Å². The number of allylic oxidation sites excluding steroid dienone is 1. The van der Waals surface area contributed by atoms with E-state index in [0.29, 0.717) is 0 Å². The van der Waals surface area contributed by atoms with Crippen LogP contribution in [0.4, 0.5) is 0 Å². The molecule has 0 bridgehead atoms. The maximum absolute atomic E-state index is 5.41. The zero-order chi connectivity index (χ0) is 8.81. The molecule has 1 heteroatoms. The third-order valence-electron chi connectivity index (χ3n) is 2.80. The molecule has 0 aromatic rings. The van der Waals surface area contributed by atoms with Crippen molar-refractivity contribution in [2.24, 2.45) is 17.6 Å². The van der Waals surface area contributed by atoms with Crippen molar-refractivity contribution in [3.63, 3.8) is 0 Å². The molecule has 0 aromatic carbocycles. The molecule has 0 aliphatic heterocycles. The highest BCUT2D eigenvalue weighted by molar-refractivity contribution is 4.90. The summed E-state index contributed by atoms with van der Waals surface area (Å²) in [6.07, 6.45) is 11.3. The molecular weight excluding hydrogens is 146 g/mol. The van der Waals surface area contributed by atoms with Gasteiger partial charge in [0.1, 0.15) is 0 Å². The Bertz CT molecular complexity index is 132. The molecule has 1 rings (SSSR count). The van der Waals surface area contributed by atoms with Gasteiger partial charge in [0.2, 0.25) is 0 Å². The largest absolute Gasteiger partial charge is 0.330 e. The Hall–Kier alpha value is -0.300. The molecule has 0 unspecified atom stereocenters. The Labute approximate surface area is 76.0 Å². The van der Waals surface area contributed by atoms with Crippen LogP contribution >= 0.6 is 0 Å². The van der Waals surface area contributed by atoms with Crippen molar-refractivity contribution in [3.05, 3.63) is 12.2 Å². The zero-order valence-corrected chi connectivity index (χ0v) is 8.13. The fourth-order valence-corrected chi connectivity index (χ4v) is 1.86. The average Bonchev–Trinajstić information content (AvgIpc) is 2.09. The van der Waals surface area contributed by atoms with E-state index in [1.54, 1.807) is 0 Å². The van der Waals surface area contributed by atoms with Crippen molar-refractivity contribution in [2.45, 2.75) is 39.0 Å². The number of nitrogens with two attached hydrogens (primary N) is 1. The second-order valence-corrected chi connectivity index (χ2v) is 4.03. The molecule has 2 N–H and O–H groups in total. The van der Waals surface area contributed by atoms with Gasteiger partial charge in [-0.05, 0) is 37.6 Å². The Balaban J connectivity index is 2.17. The standard InChI is InChI=1S/C11H21N/c1-10-5-7-11(8-6-10)4-2-3-9-12/h2,4,10-11H,3,5-9,12H2,1H3. The summed E-state index contributed by atoms with van der Waals surface area (Å²) in [7, 11) is 0. The Morgan fingerprint density at radius 1 is 1.25 bits per heavy atom. The van der Waals surface area contributed by atoms with Crippen molar-refractivity contribution in [2.75, 3.05) is 6.54 Å². The number of hydrogen-bond donors (Lipinski definition) is 1. The van der Waals surface area contributed by atoms with Crippen molar-refractivity contribution < 1.29 is 0 Å². The van der Waals surface area contributed by atoms with Gasteiger partial charge in [-0.1, -0.05) is 31.9 Å². The van der Waals surface area contributed by atoms with Gasteiger partial charge in [-0.25, -0.2) is 0 Å². The fourth-order valence-electron chi connectivity index (χ4n) is 1.86. The second kappa shape index (κ2) is 5.36. The van der Waals surface area contributed by atoms with Gasteiger partial charge < -0.3 is 5.73 Å². The predicted molar refractivity (Wildman–Crippen MR) is 53.9 cm³/mol. The van der Waals surface area contributed by atoms with Crippen LogP contribution in [0.25, 0.3) is 0 Å². The van der Waals surface area contributed by atoms with Gasteiger partial charge in [0.15, 0.2) is 0 Å². The van der Waals surface area contributed by atoms with Crippen molar-refractivity contribution in [3.8, 4) is 0 Å². The molecule has 1 saturated carbocycles. The fraction of sp³-hybridized carbons (Fsp3) is 0.818. The Morgan fingerprint density at radius 3 is 2.50 bits per heavy atom. The smallest absolute Gasteiger partial charge is 0.00426 e. The van der Waals surface area contributed by atoms with Crippen molar-refractivity contribution in [1.82, 2.24) is 0 Å². The maximum Gasteiger partial charge on any atom is -0.00426 e. The molecule has 0 radical (unpaired) electrons. The first-order valence-corrected chi connectivity index (χ1v) is 5.19. The minimum Gasteiger partial charge on any atom is -0.330 e. The third kappa shape index (κ3) is 3.40. The third-order valence-corrected chi connectivity index (χ3v) is 2.80. The summed E-state index contributed by atoms with van der Waals surface area (Å²) in [6.45, 7) is 3.15. The Kier molecular flexibility index (Phi) is 4.37. The topological polar surface area (TPSA) is 26.0 Å². The molecule has 1 aliphatic carbocycles. The summed E-state index contributed by atoms with van der Waals surface area (Å²) in [6, 6.07) is 0. The van der Waals surface area contributed by atoms with Crippen LogP contribution in [0.15, 0.2) is 12.2 Å². The van der Waals surface area contributed by atoms with Gasteiger partial charge in [-0.3, -0.25) is 0 Å². The van der Waals surface area contributed by atoms with Crippen LogP contribution in [0.5, 0.6) is 0 Å².